The number of hydrogen-bond acceptors (Lipinski definition) is 4. The molecule has 1 saturated carbocycles. The van der Waals surface area contributed by atoms with Crippen molar-refractivity contribution in [2.45, 2.75) is 30.4 Å². The van der Waals surface area contributed by atoms with Crippen molar-refractivity contribution in [3.8, 4) is 0 Å². The topological polar surface area (TPSA) is 85.9 Å². The molecule has 2 N–H and O–H groups in total. The summed E-state index contributed by atoms with van der Waals surface area (Å²) < 4.78 is 35.3. The Hall–Kier alpha value is -1.08. The van der Waals surface area contributed by atoms with Crippen molar-refractivity contribution in [1.29, 1.82) is 0 Å². The van der Waals surface area contributed by atoms with Gasteiger partial charge >= 0.3 is 0 Å². The molecule has 0 aliphatic heterocycles. The molecule has 0 aromatic carbocycles. The number of aromatic nitrogens is 2. The molecule has 1 heterocycles. The molecule has 1 aliphatic carbocycles. The molecule has 0 spiro atoms. The van der Waals surface area contributed by atoms with Crippen LogP contribution in [0.15, 0.2) is 12.4 Å². The summed E-state index contributed by atoms with van der Waals surface area (Å²) in [5.74, 6) is -0.484. The summed E-state index contributed by atoms with van der Waals surface area (Å²) in [7, 11) is -3.58. The number of nitrogens with two attached hydrogens (primary N) is 1. The molecule has 5 nitrogen and oxygen atoms in total. The fourth-order valence-corrected chi connectivity index (χ4v) is 3.34. The summed E-state index contributed by atoms with van der Waals surface area (Å²) >= 11 is 0. The maximum absolute atomic E-state index is 12.6. The van der Waals surface area contributed by atoms with Gasteiger partial charge in [0.1, 0.15) is 5.82 Å². The summed E-state index contributed by atoms with van der Waals surface area (Å²) in [4.78, 5) is 7.64. The minimum atomic E-state index is -3.58. The first-order chi connectivity index (χ1) is 7.48. The van der Waals surface area contributed by atoms with E-state index in [1.54, 1.807) is 0 Å². The molecule has 1 aromatic heterocycles. The van der Waals surface area contributed by atoms with Crippen LogP contribution in [0, 0.1) is 5.82 Å². The van der Waals surface area contributed by atoms with E-state index in [1.807, 2.05) is 0 Å². The van der Waals surface area contributed by atoms with Crippen LogP contribution in [0.4, 0.5) is 4.39 Å². The molecule has 2 rings (SSSR count). The number of rotatable bonds is 2. The lowest BCUT2D eigenvalue weighted by atomic mass is 10.1. The molecular formula is C9H12FN3O2S. The Balaban J connectivity index is 2.30. The molecule has 16 heavy (non-hydrogen) atoms. The predicted molar refractivity (Wildman–Crippen MR) is 55.5 cm³/mol. The minimum absolute atomic E-state index is 0.310. The molecule has 1 unspecified atom stereocenters. The Bertz CT molecular complexity index is 474. The molecule has 88 valence electrons. The van der Waals surface area contributed by atoms with Gasteiger partial charge in [0, 0.05) is 5.92 Å². The normalized spacial score (nSPS) is 25.9. The van der Waals surface area contributed by atoms with Crippen molar-refractivity contribution < 1.29 is 12.8 Å². The minimum Gasteiger partial charge on any atom is -0.238 e. The van der Waals surface area contributed by atoms with Gasteiger partial charge in [0.25, 0.3) is 0 Å². The zero-order valence-electron chi connectivity index (χ0n) is 8.51. The molecule has 0 bridgehead atoms. The van der Waals surface area contributed by atoms with Gasteiger partial charge in [0.05, 0.1) is 17.6 Å². The van der Waals surface area contributed by atoms with Gasteiger partial charge in [-0.25, -0.2) is 27.9 Å². The predicted octanol–water partition coefficient (Wildman–Crippen LogP) is 0.540. The van der Waals surface area contributed by atoms with E-state index in [-0.39, 0.29) is 5.92 Å². The molecule has 0 radical (unpaired) electrons. The van der Waals surface area contributed by atoms with E-state index in [4.69, 9.17) is 5.14 Å². The highest BCUT2D eigenvalue weighted by atomic mass is 32.2. The number of sulfonamides is 1. The van der Waals surface area contributed by atoms with E-state index >= 15 is 0 Å². The lowest BCUT2D eigenvalue weighted by Crippen LogP contribution is -2.31. The second-order valence-electron chi connectivity index (χ2n) is 3.92. The molecule has 1 aromatic rings. The average Bonchev–Trinajstić information content (AvgIpc) is 2.66. The van der Waals surface area contributed by atoms with Crippen molar-refractivity contribution in [2.24, 2.45) is 5.14 Å². The summed E-state index contributed by atoms with van der Waals surface area (Å²) in [5.41, 5.74) is 0. The van der Waals surface area contributed by atoms with Crippen LogP contribution < -0.4 is 5.14 Å². The van der Waals surface area contributed by atoms with E-state index in [9.17, 15) is 12.8 Å². The third-order valence-electron chi connectivity index (χ3n) is 2.85. The quantitative estimate of drug-likeness (QED) is 0.824. The fraction of sp³-hybridized carbons (Fsp3) is 0.556. The van der Waals surface area contributed by atoms with Crippen LogP contribution >= 0.6 is 0 Å². The maximum Gasteiger partial charge on any atom is 0.212 e. The SMILES string of the molecule is NS(=O)(=O)C1CCC[C@H]1c1ncc(F)cn1. The van der Waals surface area contributed by atoms with Crippen LogP contribution in [-0.4, -0.2) is 23.6 Å². The van der Waals surface area contributed by atoms with E-state index in [2.05, 4.69) is 9.97 Å². The van der Waals surface area contributed by atoms with Crippen LogP contribution in [0.25, 0.3) is 0 Å². The Morgan fingerprint density at radius 1 is 1.31 bits per heavy atom. The summed E-state index contributed by atoms with van der Waals surface area (Å²) in [6.45, 7) is 0. The Kier molecular flexibility index (Phi) is 2.90. The molecule has 1 fully saturated rings. The molecule has 7 heteroatoms. The number of halogens is 1. The molecule has 2 atom stereocenters. The van der Waals surface area contributed by atoms with Gasteiger partial charge in [-0.3, -0.25) is 0 Å². The number of nitrogens with zero attached hydrogens (tertiary/aromatic N) is 2. The molecule has 1 aliphatic rings. The summed E-state index contributed by atoms with van der Waals surface area (Å²) in [5, 5.41) is 4.50. The van der Waals surface area contributed by atoms with Crippen molar-refractivity contribution in [3.05, 3.63) is 24.0 Å². The first kappa shape index (κ1) is 11.4. The zero-order chi connectivity index (χ0) is 11.8. The Labute approximate surface area is 93.0 Å². The lowest BCUT2D eigenvalue weighted by Gasteiger charge is -2.15. The second kappa shape index (κ2) is 4.06. The van der Waals surface area contributed by atoms with Gasteiger partial charge < -0.3 is 0 Å². The van der Waals surface area contributed by atoms with Crippen LogP contribution in [0.1, 0.15) is 31.0 Å². The number of primary sulfonamides is 1. The van der Waals surface area contributed by atoms with Gasteiger partial charge in [0.15, 0.2) is 5.82 Å². The monoisotopic (exact) mass is 245 g/mol. The van der Waals surface area contributed by atoms with Crippen molar-refractivity contribution >= 4 is 10.0 Å². The Morgan fingerprint density at radius 2 is 1.94 bits per heavy atom. The first-order valence-electron chi connectivity index (χ1n) is 4.97. The van der Waals surface area contributed by atoms with Crippen molar-refractivity contribution in [2.75, 3.05) is 0 Å². The van der Waals surface area contributed by atoms with Gasteiger partial charge in [-0.15, -0.1) is 0 Å². The van der Waals surface area contributed by atoms with Crippen LogP contribution in [0.3, 0.4) is 0 Å². The third-order valence-corrected chi connectivity index (χ3v) is 4.25. The zero-order valence-corrected chi connectivity index (χ0v) is 9.32. The van der Waals surface area contributed by atoms with Crippen LogP contribution in [0.5, 0.6) is 0 Å². The largest absolute Gasteiger partial charge is 0.238 e. The fourth-order valence-electron chi connectivity index (χ4n) is 2.13. The maximum atomic E-state index is 12.6. The third kappa shape index (κ3) is 2.19. The first-order valence-corrected chi connectivity index (χ1v) is 6.58. The molecular weight excluding hydrogens is 233 g/mol. The lowest BCUT2D eigenvalue weighted by molar-refractivity contribution is 0.559. The van der Waals surface area contributed by atoms with Crippen molar-refractivity contribution in [3.63, 3.8) is 0 Å². The number of hydrogen-bond donors (Lipinski definition) is 1. The van der Waals surface area contributed by atoms with E-state index in [1.165, 1.54) is 0 Å². The summed E-state index contributed by atoms with van der Waals surface area (Å²) in [6, 6.07) is 0. The average molecular weight is 245 g/mol. The highest BCUT2D eigenvalue weighted by molar-refractivity contribution is 7.89. The van der Waals surface area contributed by atoms with Crippen LogP contribution in [0.2, 0.25) is 0 Å². The van der Waals surface area contributed by atoms with Crippen molar-refractivity contribution in [1.82, 2.24) is 9.97 Å². The van der Waals surface area contributed by atoms with E-state index < -0.39 is 21.1 Å². The molecule has 0 saturated heterocycles. The van der Waals surface area contributed by atoms with Gasteiger partial charge in [-0.05, 0) is 12.8 Å². The van der Waals surface area contributed by atoms with Gasteiger partial charge in [0.2, 0.25) is 10.0 Å². The Morgan fingerprint density at radius 3 is 2.50 bits per heavy atom. The smallest absolute Gasteiger partial charge is 0.212 e. The molecule has 0 amide bonds. The van der Waals surface area contributed by atoms with Gasteiger partial charge in [-0.2, -0.15) is 0 Å². The second-order valence-corrected chi connectivity index (χ2v) is 5.71. The van der Waals surface area contributed by atoms with Crippen LogP contribution in [-0.2, 0) is 10.0 Å². The standard InChI is InChI=1S/C9H12FN3O2S/c10-6-4-12-9(13-5-6)7-2-1-3-8(7)16(11,14)15/h4-5,7-8H,1-3H2,(H2,11,14,15)/t7-,8?/m1/s1. The van der Waals surface area contributed by atoms with E-state index in [0.717, 1.165) is 18.8 Å². The summed E-state index contributed by atoms with van der Waals surface area (Å²) in [6.07, 6.45) is 4.05. The van der Waals surface area contributed by atoms with Gasteiger partial charge in [-0.1, -0.05) is 6.42 Å². The van der Waals surface area contributed by atoms with E-state index in [0.29, 0.717) is 18.7 Å². The highest BCUT2D eigenvalue weighted by Crippen LogP contribution is 2.36. The highest BCUT2D eigenvalue weighted by Gasteiger charge is 2.37.